The van der Waals surface area contributed by atoms with Gasteiger partial charge in [0.1, 0.15) is 11.9 Å². The van der Waals surface area contributed by atoms with Crippen molar-refractivity contribution in [2.45, 2.75) is 18.6 Å². The number of carboxylic acid groups (broad SMARTS) is 1. The van der Waals surface area contributed by atoms with Crippen molar-refractivity contribution in [3.8, 4) is 5.75 Å². The van der Waals surface area contributed by atoms with Crippen LogP contribution in [0.15, 0.2) is 18.2 Å². The number of ether oxygens (including phenoxy) is 1. The third-order valence-electron chi connectivity index (χ3n) is 2.52. The number of benzene rings is 1. The highest BCUT2D eigenvalue weighted by molar-refractivity contribution is 6.17. The van der Waals surface area contributed by atoms with Gasteiger partial charge < -0.3 is 20.1 Å². The summed E-state index contributed by atoms with van der Waals surface area (Å²) in [7, 11) is 1.40. The van der Waals surface area contributed by atoms with Crippen molar-refractivity contribution in [1.29, 1.82) is 0 Å². The summed E-state index contributed by atoms with van der Waals surface area (Å²) in [4.78, 5) is 10.9. The van der Waals surface area contributed by atoms with E-state index in [4.69, 9.17) is 21.4 Å². The highest BCUT2D eigenvalue weighted by Crippen LogP contribution is 2.25. The lowest BCUT2D eigenvalue weighted by atomic mass is 10.00. The van der Waals surface area contributed by atoms with Gasteiger partial charge in [-0.3, -0.25) is 0 Å². The molecule has 0 saturated carbocycles. The first-order chi connectivity index (χ1) is 8.49. The molecule has 0 amide bonds. The molecular formula is C12H15ClO5. The SMILES string of the molecule is COc1cc(C(=O)O)cc(C(O)C(O)CCCl)c1. The zero-order chi connectivity index (χ0) is 13.7. The Kier molecular flexibility index (Phi) is 5.40. The first-order valence-corrected chi connectivity index (χ1v) is 5.87. The number of aliphatic hydroxyl groups excluding tert-OH is 2. The number of methoxy groups -OCH3 is 1. The van der Waals surface area contributed by atoms with Crippen LogP contribution in [0.4, 0.5) is 0 Å². The summed E-state index contributed by atoms with van der Waals surface area (Å²) >= 11 is 5.48. The molecule has 0 aliphatic heterocycles. The van der Waals surface area contributed by atoms with Gasteiger partial charge in [0.15, 0.2) is 0 Å². The average molecular weight is 275 g/mol. The van der Waals surface area contributed by atoms with Crippen molar-refractivity contribution in [1.82, 2.24) is 0 Å². The van der Waals surface area contributed by atoms with Gasteiger partial charge in [0, 0.05) is 5.88 Å². The lowest BCUT2D eigenvalue weighted by Gasteiger charge is -2.18. The smallest absolute Gasteiger partial charge is 0.335 e. The summed E-state index contributed by atoms with van der Waals surface area (Å²) in [6.45, 7) is 0. The number of carboxylic acids is 1. The van der Waals surface area contributed by atoms with E-state index in [9.17, 15) is 15.0 Å². The van der Waals surface area contributed by atoms with Gasteiger partial charge in [-0.15, -0.1) is 11.6 Å². The molecule has 0 heterocycles. The van der Waals surface area contributed by atoms with Gasteiger partial charge in [-0.2, -0.15) is 0 Å². The summed E-state index contributed by atoms with van der Waals surface area (Å²) in [5.41, 5.74) is 0.269. The second-order valence-corrected chi connectivity index (χ2v) is 4.17. The minimum atomic E-state index is -1.20. The molecule has 2 unspecified atom stereocenters. The minimum absolute atomic E-state index is 0.0125. The fraction of sp³-hybridized carbons (Fsp3) is 0.417. The standard InChI is InChI=1S/C12H15ClO5/c1-18-9-5-7(4-8(6-9)12(16)17)11(15)10(14)2-3-13/h4-6,10-11,14-15H,2-3H2,1H3,(H,16,17). The van der Waals surface area contributed by atoms with Gasteiger partial charge in [0.2, 0.25) is 0 Å². The Bertz CT molecular complexity index is 421. The predicted octanol–water partition coefficient (Wildman–Crippen LogP) is 1.42. The quantitative estimate of drug-likeness (QED) is 0.683. The van der Waals surface area contributed by atoms with Crippen LogP contribution >= 0.6 is 11.6 Å². The molecule has 0 aromatic heterocycles. The Morgan fingerprint density at radius 3 is 2.56 bits per heavy atom. The van der Waals surface area contributed by atoms with Gasteiger partial charge in [-0.1, -0.05) is 0 Å². The van der Waals surface area contributed by atoms with Crippen LogP contribution < -0.4 is 4.74 Å². The molecular weight excluding hydrogens is 260 g/mol. The van der Waals surface area contributed by atoms with E-state index in [0.717, 1.165) is 0 Å². The average Bonchev–Trinajstić information content (AvgIpc) is 2.37. The van der Waals surface area contributed by atoms with Gasteiger partial charge in [-0.25, -0.2) is 4.79 Å². The maximum Gasteiger partial charge on any atom is 0.335 e. The molecule has 0 fully saturated rings. The third-order valence-corrected chi connectivity index (χ3v) is 2.74. The molecule has 100 valence electrons. The van der Waals surface area contributed by atoms with E-state index in [1.165, 1.54) is 25.3 Å². The molecule has 0 spiro atoms. The Hall–Kier alpha value is -1.30. The Morgan fingerprint density at radius 1 is 1.39 bits per heavy atom. The Balaban J connectivity index is 3.07. The zero-order valence-corrected chi connectivity index (χ0v) is 10.6. The van der Waals surface area contributed by atoms with Crippen molar-refractivity contribution in [3.63, 3.8) is 0 Å². The molecule has 5 nitrogen and oxygen atoms in total. The minimum Gasteiger partial charge on any atom is -0.497 e. The first-order valence-electron chi connectivity index (χ1n) is 5.34. The summed E-state index contributed by atoms with van der Waals surface area (Å²) in [6, 6.07) is 4.12. The largest absolute Gasteiger partial charge is 0.497 e. The fourth-order valence-corrected chi connectivity index (χ4v) is 1.75. The van der Waals surface area contributed by atoms with Crippen LogP contribution in [-0.4, -0.2) is 40.4 Å². The second kappa shape index (κ2) is 6.58. The summed E-state index contributed by atoms with van der Waals surface area (Å²) < 4.78 is 4.95. The molecule has 1 rings (SSSR count). The number of aliphatic hydroxyl groups is 2. The van der Waals surface area contributed by atoms with E-state index in [-0.39, 0.29) is 23.4 Å². The van der Waals surface area contributed by atoms with Crippen LogP contribution in [0.1, 0.15) is 28.4 Å². The molecule has 0 radical (unpaired) electrons. The zero-order valence-electron chi connectivity index (χ0n) is 9.84. The maximum atomic E-state index is 10.9. The van der Waals surface area contributed by atoms with Crippen LogP contribution in [0, 0.1) is 0 Å². The number of halogens is 1. The lowest BCUT2D eigenvalue weighted by Crippen LogP contribution is -2.19. The van der Waals surface area contributed by atoms with E-state index >= 15 is 0 Å². The van der Waals surface area contributed by atoms with Gasteiger partial charge >= 0.3 is 5.97 Å². The van der Waals surface area contributed by atoms with E-state index in [1.807, 2.05) is 0 Å². The van der Waals surface area contributed by atoms with Crippen molar-refractivity contribution in [2.75, 3.05) is 13.0 Å². The van der Waals surface area contributed by atoms with E-state index in [2.05, 4.69) is 0 Å². The number of rotatable bonds is 6. The molecule has 3 N–H and O–H groups in total. The van der Waals surface area contributed by atoms with Crippen LogP contribution in [0.2, 0.25) is 0 Å². The summed E-state index contributed by atoms with van der Waals surface area (Å²) in [6.07, 6.45) is -2.03. The van der Waals surface area contributed by atoms with Gasteiger partial charge in [-0.05, 0) is 30.2 Å². The van der Waals surface area contributed by atoms with Crippen molar-refractivity contribution < 1.29 is 24.9 Å². The number of aromatic carboxylic acids is 1. The predicted molar refractivity (Wildman–Crippen MR) is 66.3 cm³/mol. The molecule has 0 saturated heterocycles. The van der Waals surface area contributed by atoms with Gasteiger partial charge in [0.25, 0.3) is 0 Å². The highest BCUT2D eigenvalue weighted by Gasteiger charge is 2.20. The molecule has 0 aliphatic rings. The third kappa shape index (κ3) is 3.60. The lowest BCUT2D eigenvalue weighted by molar-refractivity contribution is 0.0168. The van der Waals surface area contributed by atoms with Crippen LogP contribution in [0.25, 0.3) is 0 Å². The molecule has 0 aliphatic carbocycles. The monoisotopic (exact) mass is 274 g/mol. The normalized spacial score (nSPS) is 14.0. The van der Waals surface area contributed by atoms with Crippen molar-refractivity contribution >= 4 is 17.6 Å². The molecule has 1 aromatic rings. The molecule has 1 aromatic carbocycles. The van der Waals surface area contributed by atoms with Crippen LogP contribution in [-0.2, 0) is 0 Å². The van der Waals surface area contributed by atoms with E-state index < -0.39 is 18.2 Å². The van der Waals surface area contributed by atoms with Crippen LogP contribution in [0.3, 0.4) is 0 Å². The van der Waals surface area contributed by atoms with Crippen molar-refractivity contribution in [2.24, 2.45) is 0 Å². The molecule has 2 atom stereocenters. The number of carbonyl (C=O) groups is 1. The first kappa shape index (κ1) is 14.8. The number of hydrogen-bond donors (Lipinski definition) is 3. The van der Waals surface area contributed by atoms with Crippen LogP contribution in [0.5, 0.6) is 5.75 Å². The van der Waals surface area contributed by atoms with E-state index in [0.29, 0.717) is 5.75 Å². The summed E-state index contributed by atoms with van der Waals surface area (Å²) in [5, 5.41) is 28.5. The maximum absolute atomic E-state index is 10.9. The second-order valence-electron chi connectivity index (χ2n) is 3.79. The van der Waals surface area contributed by atoms with E-state index in [1.54, 1.807) is 0 Å². The Morgan fingerprint density at radius 2 is 2.06 bits per heavy atom. The molecule has 6 heteroatoms. The summed E-state index contributed by atoms with van der Waals surface area (Å²) in [5.74, 6) is -0.621. The topological polar surface area (TPSA) is 87.0 Å². The number of alkyl halides is 1. The molecule has 18 heavy (non-hydrogen) atoms. The highest BCUT2D eigenvalue weighted by atomic mass is 35.5. The van der Waals surface area contributed by atoms with Gasteiger partial charge in [0.05, 0.1) is 18.8 Å². The Labute approximate surface area is 110 Å². The molecule has 0 bridgehead atoms. The number of hydrogen-bond acceptors (Lipinski definition) is 4. The fourth-order valence-electron chi connectivity index (χ4n) is 1.53. The van der Waals surface area contributed by atoms with Crippen molar-refractivity contribution in [3.05, 3.63) is 29.3 Å².